The Balaban J connectivity index is -0.0000000200. The molecule has 0 saturated carbocycles. The zero-order chi connectivity index (χ0) is 2.71. The second-order valence-corrected chi connectivity index (χ2v) is 0.224. The number of rotatable bonds is 0. The van der Waals surface area contributed by atoms with Crippen LogP contribution in [0.3, 0.4) is 0 Å². The molecule has 0 spiro atoms. The third-order valence-corrected chi connectivity index (χ3v) is 0. The maximum absolute atomic E-state index is 7.46. The van der Waals surface area contributed by atoms with Gasteiger partial charge in [0.1, 0.15) is 0 Å². The molecule has 3 heteroatoms. The molecular formula is C2H9NNaO. The zero-order valence-corrected chi connectivity index (χ0v) is 2.57. The molecule has 0 amide bonds. The molecule has 4 N–H and O–H groups in total. The molecule has 0 aliphatic carbocycles. The summed E-state index contributed by atoms with van der Waals surface area (Å²) in [7, 11) is 0. The summed E-state index contributed by atoms with van der Waals surface area (Å²) < 4.78 is 0. The van der Waals surface area contributed by atoms with Crippen molar-refractivity contribution in [2.75, 3.05) is 6.61 Å². The first-order valence-corrected chi connectivity index (χ1v) is 0.816. The first kappa shape index (κ1) is 16.8. The van der Waals surface area contributed by atoms with Gasteiger partial charge in [-0.15, -0.1) is 0 Å². The standard InChI is InChI=1S/C2H5O.H3N.Na.H/c1-2-3;;;/h3H,1-2H2;1H3;;. The van der Waals surface area contributed by atoms with Crippen LogP contribution in [0.25, 0.3) is 0 Å². The average molecular weight is 86.1 g/mol. The summed E-state index contributed by atoms with van der Waals surface area (Å²) in [5, 5.41) is 7.46. The van der Waals surface area contributed by atoms with E-state index in [1.807, 2.05) is 0 Å². The van der Waals surface area contributed by atoms with Crippen molar-refractivity contribution in [1.29, 1.82) is 0 Å². The van der Waals surface area contributed by atoms with Crippen LogP contribution in [0.4, 0.5) is 0 Å². The van der Waals surface area contributed by atoms with Crippen molar-refractivity contribution in [3.63, 3.8) is 0 Å². The Morgan fingerprint density at radius 3 is 1.60 bits per heavy atom. The zero-order valence-electron chi connectivity index (χ0n) is 2.57. The van der Waals surface area contributed by atoms with Crippen LogP contribution >= 0.6 is 0 Å². The fourth-order valence-corrected chi connectivity index (χ4v) is 0. The topological polar surface area (TPSA) is 55.2 Å². The predicted molar refractivity (Wildman–Crippen MR) is 24.6 cm³/mol. The summed E-state index contributed by atoms with van der Waals surface area (Å²) in [5.74, 6) is 0. The Morgan fingerprint density at radius 2 is 1.60 bits per heavy atom. The molecule has 0 aromatic rings. The van der Waals surface area contributed by atoms with Gasteiger partial charge in [-0.05, 0) is 6.92 Å². The molecular weight excluding hydrogens is 77.0 g/mol. The van der Waals surface area contributed by atoms with Crippen molar-refractivity contribution in [3.8, 4) is 0 Å². The van der Waals surface area contributed by atoms with Gasteiger partial charge in [-0.3, -0.25) is 0 Å². The van der Waals surface area contributed by atoms with E-state index in [1.54, 1.807) is 0 Å². The maximum atomic E-state index is 7.46. The number of hydrogen-bond acceptors (Lipinski definition) is 2. The second kappa shape index (κ2) is 20.5. The summed E-state index contributed by atoms with van der Waals surface area (Å²) in [6.45, 7) is 3.04. The van der Waals surface area contributed by atoms with Gasteiger partial charge in [0.15, 0.2) is 0 Å². The molecule has 0 rings (SSSR count). The van der Waals surface area contributed by atoms with Crippen LogP contribution in [-0.4, -0.2) is 41.3 Å². The Morgan fingerprint density at radius 1 is 1.60 bits per heavy atom. The Labute approximate surface area is 54.4 Å². The number of aliphatic hydroxyl groups excluding tert-OH is 1. The third-order valence-electron chi connectivity index (χ3n) is 0. The molecule has 1 radical (unpaired) electrons. The first-order chi connectivity index (χ1) is 1.41. The minimum atomic E-state index is 0. The van der Waals surface area contributed by atoms with Gasteiger partial charge >= 0.3 is 29.6 Å². The van der Waals surface area contributed by atoms with Crippen molar-refractivity contribution >= 4 is 29.6 Å². The molecule has 0 atom stereocenters. The Bertz CT molecular complexity index is 9.61. The number of hydrogen-bond donors (Lipinski definition) is 2. The SMILES string of the molecule is N.[CH2]CO.[NaH]. The molecule has 0 aliphatic heterocycles. The van der Waals surface area contributed by atoms with Crippen LogP contribution in [0.2, 0.25) is 0 Å². The molecule has 0 aromatic heterocycles. The van der Waals surface area contributed by atoms with Gasteiger partial charge in [0.05, 0.1) is 0 Å². The van der Waals surface area contributed by atoms with Gasteiger partial charge < -0.3 is 11.3 Å². The van der Waals surface area contributed by atoms with E-state index in [9.17, 15) is 0 Å². The van der Waals surface area contributed by atoms with Gasteiger partial charge in [0, 0.05) is 6.61 Å². The van der Waals surface area contributed by atoms with E-state index >= 15 is 0 Å². The molecule has 0 saturated heterocycles. The van der Waals surface area contributed by atoms with Gasteiger partial charge in [-0.2, -0.15) is 0 Å². The predicted octanol–water partition coefficient (Wildman–Crippen LogP) is -0.674. The Hall–Kier alpha value is 0.920. The van der Waals surface area contributed by atoms with E-state index < -0.39 is 0 Å². The molecule has 0 aromatic carbocycles. The second-order valence-electron chi connectivity index (χ2n) is 0.224. The normalized spacial score (nSPS) is 3.60. The monoisotopic (exact) mass is 86.1 g/mol. The third kappa shape index (κ3) is 49.6. The quantitative estimate of drug-likeness (QED) is 0.384. The summed E-state index contributed by atoms with van der Waals surface area (Å²) in [4.78, 5) is 0. The van der Waals surface area contributed by atoms with Crippen molar-refractivity contribution in [1.82, 2.24) is 6.15 Å². The van der Waals surface area contributed by atoms with Crippen molar-refractivity contribution in [3.05, 3.63) is 6.92 Å². The molecule has 0 unspecified atom stereocenters. The average Bonchev–Trinajstić information content (AvgIpc) is 0.918. The van der Waals surface area contributed by atoms with E-state index in [-0.39, 0.29) is 42.3 Å². The van der Waals surface area contributed by atoms with Gasteiger partial charge in [-0.1, -0.05) is 0 Å². The van der Waals surface area contributed by atoms with Crippen LogP contribution in [0.5, 0.6) is 0 Å². The van der Waals surface area contributed by atoms with E-state index in [2.05, 4.69) is 6.92 Å². The van der Waals surface area contributed by atoms with E-state index in [0.29, 0.717) is 0 Å². The fourth-order valence-electron chi connectivity index (χ4n) is 0. The van der Waals surface area contributed by atoms with E-state index in [0.717, 1.165) is 0 Å². The van der Waals surface area contributed by atoms with Gasteiger partial charge in [0.25, 0.3) is 0 Å². The molecule has 0 heterocycles. The van der Waals surface area contributed by atoms with Gasteiger partial charge in [-0.25, -0.2) is 0 Å². The molecule has 0 bridgehead atoms. The van der Waals surface area contributed by atoms with Crippen LogP contribution in [0.1, 0.15) is 0 Å². The van der Waals surface area contributed by atoms with Crippen LogP contribution in [-0.2, 0) is 0 Å². The fraction of sp³-hybridized carbons (Fsp3) is 0.500. The molecule has 5 heavy (non-hydrogen) atoms. The molecule has 2 nitrogen and oxygen atoms in total. The summed E-state index contributed by atoms with van der Waals surface area (Å²) in [6.07, 6.45) is 0. The number of aliphatic hydroxyl groups is 1. The molecule has 29 valence electrons. The van der Waals surface area contributed by atoms with E-state index in [4.69, 9.17) is 5.11 Å². The summed E-state index contributed by atoms with van der Waals surface area (Å²) >= 11 is 0. The van der Waals surface area contributed by atoms with Crippen LogP contribution in [0.15, 0.2) is 0 Å². The minimum absolute atomic E-state index is 0. The van der Waals surface area contributed by atoms with Crippen LogP contribution < -0.4 is 6.15 Å². The van der Waals surface area contributed by atoms with Crippen molar-refractivity contribution < 1.29 is 5.11 Å². The van der Waals surface area contributed by atoms with Gasteiger partial charge in [0.2, 0.25) is 0 Å². The van der Waals surface area contributed by atoms with Crippen molar-refractivity contribution in [2.45, 2.75) is 0 Å². The summed E-state index contributed by atoms with van der Waals surface area (Å²) in [5.41, 5.74) is 0. The van der Waals surface area contributed by atoms with Crippen LogP contribution in [0, 0.1) is 6.92 Å². The summed E-state index contributed by atoms with van der Waals surface area (Å²) in [6, 6.07) is 0. The Kier molecular flexibility index (Phi) is 68.9. The van der Waals surface area contributed by atoms with E-state index in [1.165, 1.54) is 0 Å². The first-order valence-electron chi connectivity index (χ1n) is 0.816. The molecule has 0 aliphatic rings. The molecule has 0 fully saturated rings. The van der Waals surface area contributed by atoms with Crippen molar-refractivity contribution in [2.24, 2.45) is 0 Å².